The lowest BCUT2D eigenvalue weighted by Gasteiger charge is -2.30. The van der Waals surface area contributed by atoms with E-state index in [1.165, 1.54) is 46.8 Å². The topological polar surface area (TPSA) is 32.3 Å². The van der Waals surface area contributed by atoms with Crippen molar-refractivity contribution >= 4 is 35.1 Å². The number of aryl methyl sites for hydroxylation is 1. The van der Waals surface area contributed by atoms with Gasteiger partial charge in [-0.1, -0.05) is 6.92 Å². The summed E-state index contributed by atoms with van der Waals surface area (Å²) in [5, 5.41) is 3.11. The zero-order valence-corrected chi connectivity index (χ0v) is 16.6. The van der Waals surface area contributed by atoms with Gasteiger partial charge in [-0.25, -0.2) is 0 Å². The Labute approximate surface area is 153 Å². The normalized spacial score (nSPS) is 21.3. The molecular formula is C19H28N2OS2. The summed E-state index contributed by atoms with van der Waals surface area (Å²) in [6.45, 7) is 11.0. The number of thioether (sulfide) groups is 1. The van der Waals surface area contributed by atoms with Gasteiger partial charge < -0.3 is 10.2 Å². The van der Waals surface area contributed by atoms with Crippen LogP contribution >= 0.6 is 23.1 Å². The smallest absolute Gasteiger partial charge is 0.257 e. The van der Waals surface area contributed by atoms with Gasteiger partial charge >= 0.3 is 0 Å². The summed E-state index contributed by atoms with van der Waals surface area (Å²) in [5.74, 6) is 1.85. The van der Waals surface area contributed by atoms with E-state index >= 15 is 0 Å². The van der Waals surface area contributed by atoms with Crippen LogP contribution in [0.2, 0.25) is 0 Å². The highest BCUT2D eigenvalue weighted by atomic mass is 32.2. The Hall–Kier alpha value is -0.780. The molecule has 1 amide bonds. The highest BCUT2D eigenvalue weighted by molar-refractivity contribution is 8.03. The minimum Gasteiger partial charge on any atom is -0.352 e. The standard InChI is InChI=1S/C19H28N2OS2/c1-13-6-4-8-21(11-13)9-5-7-20-19(22)18-10-17-16(12-23-18)14(2)15(3)24-17/h10,13H,4-9,11-12H2,1-3H3,(H,20,22). The molecule has 1 aromatic rings. The maximum atomic E-state index is 12.4. The zero-order valence-electron chi connectivity index (χ0n) is 15.0. The first kappa shape index (κ1) is 18.0. The number of fused-ring (bicyclic) bond motifs is 1. The van der Waals surface area contributed by atoms with Gasteiger partial charge in [-0.05, 0) is 69.3 Å². The second kappa shape index (κ2) is 8.07. The van der Waals surface area contributed by atoms with Crippen molar-refractivity contribution in [3.63, 3.8) is 0 Å². The molecule has 0 aromatic carbocycles. The summed E-state index contributed by atoms with van der Waals surface area (Å²) in [4.78, 5) is 18.4. The lowest BCUT2D eigenvalue weighted by Crippen LogP contribution is -2.36. The van der Waals surface area contributed by atoms with Crippen molar-refractivity contribution in [3.05, 3.63) is 25.8 Å². The Bertz CT molecular complexity index is 636. The fraction of sp³-hybridized carbons (Fsp3) is 0.632. The van der Waals surface area contributed by atoms with Gasteiger partial charge in [0.1, 0.15) is 0 Å². The maximum Gasteiger partial charge on any atom is 0.257 e. The molecule has 0 bridgehead atoms. The number of amides is 1. The largest absolute Gasteiger partial charge is 0.352 e. The number of nitrogens with zero attached hydrogens (tertiary/aromatic N) is 1. The molecule has 2 aliphatic heterocycles. The zero-order chi connectivity index (χ0) is 17.1. The van der Waals surface area contributed by atoms with Gasteiger partial charge in [-0.2, -0.15) is 0 Å². The molecule has 0 saturated carbocycles. The molecule has 132 valence electrons. The SMILES string of the molecule is Cc1sc2c(c1C)CSC(C(=O)NCCCN1CCCC(C)C1)=C2. The number of carbonyl (C=O) groups excluding carboxylic acids is 1. The van der Waals surface area contributed by atoms with Gasteiger partial charge in [0.15, 0.2) is 0 Å². The van der Waals surface area contributed by atoms with Crippen molar-refractivity contribution in [2.24, 2.45) is 5.92 Å². The lowest BCUT2D eigenvalue weighted by molar-refractivity contribution is -0.116. The molecule has 1 aromatic heterocycles. The molecule has 3 rings (SSSR count). The Morgan fingerprint density at radius 2 is 2.25 bits per heavy atom. The lowest BCUT2D eigenvalue weighted by atomic mass is 10.0. The molecule has 1 N–H and O–H groups in total. The number of hydrogen-bond donors (Lipinski definition) is 1. The number of rotatable bonds is 5. The van der Waals surface area contributed by atoms with Crippen LogP contribution in [0.25, 0.3) is 6.08 Å². The van der Waals surface area contributed by atoms with Crippen LogP contribution in [0.3, 0.4) is 0 Å². The average Bonchev–Trinajstić information content (AvgIpc) is 2.85. The van der Waals surface area contributed by atoms with Crippen LogP contribution in [0.1, 0.15) is 47.1 Å². The van der Waals surface area contributed by atoms with Gasteiger partial charge in [-0.3, -0.25) is 4.79 Å². The molecule has 1 fully saturated rings. The van der Waals surface area contributed by atoms with E-state index < -0.39 is 0 Å². The molecule has 2 aliphatic rings. The molecule has 5 heteroatoms. The predicted molar refractivity (Wildman–Crippen MR) is 106 cm³/mol. The molecule has 24 heavy (non-hydrogen) atoms. The van der Waals surface area contributed by atoms with Gasteiger partial charge in [0, 0.05) is 28.6 Å². The Morgan fingerprint density at radius 1 is 1.42 bits per heavy atom. The summed E-state index contributed by atoms with van der Waals surface area (Å²) in [6.07, 6.45) is 5.80. The third kappa shape index (κ3) is 4.24. The monoisotopic (exact) mass is 364 g/mol. The minimum absolute atomic E-state index is 0.0985. The quantitative estimate of drug-likeness (QED) is 0.795. The Kier molecular flexibility index (Phi) is 6.06. The molecule has 1 unspecified atom stereocenters. The van der Waals surface area contributed by atoms with Crippen LogP contribution in [0.15, 0.2) is 4.91 Å². The summed E-state index contributed by atoms with van der Waals surface area (Å²) in [6, 6.07) is 0. The molecule has 3 nitrogen and oxygen atoms in total. The van der Waals surface area contributed by atoms with E-state index in [0.717, 1.165) is 36.1 Å². The first-order valence-corrected chi connectivity index (χ1v) is 10.8. The van der Waals surface area contributed by atoms with Crippen molar-refractivity contribution in [2.45, 2.75) is 45.8 Å². The number of likely N-dealkylation sites (tertiary alicyclic amines) is 1. The maximum absolute atomic E-state index is 12.4. The van der Waals surface area contributed by atoms with Gasteiger partial charge in [0.05, 0.1) is 4.91 Å². The van der Waals surface area contributed by atoms with Crippen LogP contribution < -0.4 is 5.32 Å². The predicted octanol–water partition coefficient (Wildman–Crippen LogP) is 4.19. The third-order valence-electron chi connectivity index (χ3n) is 5.08. The van der Waals surface area contributed by atoms with E-state index in [2.05, 4.69) is 37.1 Å². The van der Waals surface area contributed by atoms with Crippen LogP contribution in [-0.2, 0) is 10.5 Å². The van der Waals surface area contributed by atoms with Crippen LogP contribution in [0, 0.1) is 19.8 Å². The summed E-state index contributed by atoms with van der Waals surface area (Å²) in [7, 11) is 0. The van der Waals surface area contributed by atoms with Crippen LogP contribution in [0.4, 0.5) is 0 Å². The number of hydrogen-bond acceptors (Lipinski definition) is 4. The molecular weight excluding hydrogens is 336 g/mol. The van der Waals surface area contributed by atoms with E-state index in [9.17, 15) is 4.79 Å². The van der Waals surface area contributed by atoms with Crippen molar-refractivity contribution in [1.82, 2.24) is 10.2 Å². The summed E-state index contributed by atoms with van der Waals surface area (Å²) >= 11 is 3.48. The van der Waals surface area contributed by atoms with Crippen molar-refractivity contribution in [1.29, 1.82) is 0 Å². The number of nitrogens with one attached hydrogen (secondary N) is 1. The first-order valence-electron chi connectivity index (χ1n) is 8.98. The molecule has 0 aliphatic carbocycles. The van der Waals surface area contributed by atoms with Crippen molar-refractivity contribution in [3.8, 4) is 0 Å². The molecule has 3 heterocycles. The van der Waals surface area contributed by atoms with E-state index in [4.69, 9.17) is 0 Å². The second-order valence-electron chi connectivity index (χ2n) is 7.08. The summed E-state index contributed by atoms with van der Waals surface area (Å²) in [5.41, 5.74) is 2.81. The van der Waals surface area contributed by atoms with E-state index in [0.29, 0.717) is 0 Å². The third-order valence-corrected chi connectivity index (χ3v) is 7.32. The minimum atomic E-state index is 0.0985. The molecule has 0 spiro atoms. The highest BCUT2D eigenvalue weighted by Gasteiger charge is 2.21. The van der Waals surface area contributed by atoms with Gasteiger partial charge in [0.2, 0.25) is 0 Å². The fourth-order valence-corrected chi connectivity index (χ4v) is 5.89. The first-order chi connectivity index (χ1) is 11.5. The highest BCUT2D eigenvalue weighted by Crippen LogP contribution is 2.39. The second-order valence-corrected chi connectivity index (χ2v) is 9.35. The molecule has 1 atom stereocenters. The van der Waals surface area contributed by atoms with Gasteiger partial charge in [0.25, 0.3) is 5.91 Å². The van der Waals surface area contributed by atoms with E-state index in [-0.39, 0.29) is 5.91 Å². The van der Waals surface area contributed by atoms with Crippen molar-refractivity contribution in [2.75, 3.05) is 26.2 Å². The number of thiophene rings is 1. The van der Waals surface area contributed by atoms with Crippen molar-refractivity contribution < 1.29 is 4.79 Å². The van der Waals surface area contributed by atoms with Crippen LogP contribution in [-0.4, -0.2) is 37.0 Å². The average molecular weight is 365 g/mol. The van der Waals surface area contributed by atoms with Crippen LogP contribution in [0.5, 0.6) is 0 Å². The Morgan fingerprint density at radius 3 is 3.04 bits per heavy atom. The molecule has 1 saturated heterocycles. The fourth-order valence-electron chi connectivity index (χ4n) is 3.52. The van der Waals surface area contributed by atoms with E-state index in [1.807, 2.05) is 11.3 Å². The van der Waals surface area contributed by atoms with E-state index in [1.54, 1.807) is 11.8 Å². The number of piperidine rings is 1. The summed E-state index contributed by atoms with van der Waals surface area (Å²) < 4.78 is 0. The molecule has 0 radical (unpaired) electrons. The number of carbonyl (C=O) groups is 1. The van der Waals surface area contributed by atoms with Gasteiger partial charge in [-0.15, -0.1) is 23.1 Å². The Balaban J connectivity index is 1.45.